The number of β-amino-alcohol motifs (C(OH)–C–C–N with tert-alkyl or cyclic N) is 1. The summed E-state index contributed by atoms with van der Waals surface area (Å²) >= 11 is 0. The summed E-state index contributed by atoms with van der Waals surface area (Å²) in [4.78, 5) is 13.5. The summed E-state index contributed by atoms with van der Waals surface area (Å²) in [5.74, 6) is -0.561. The van der Waals surface area contributed by atoms with E-state index in [0.29, 0.717) is 6.54 Å². The van der Waals surface area contributed by atoms with Crippen LogP contribution in [-0.2, 0) is 17.8 Å². The molecule has 0 saturated carbocycles. The van der Waals surface area contributed by atoms with Crippen molar-refractivity contribution in [1.82, 2.24) is 20.2 Å². The number of carbonyl (C=O) groups excluding carboxylic acids is 1. The molecule has 1 fully saturated rings. The lowest BCUT2D eigenvalue weighted by Crippen LogP contribution is -2.31. The highest BCUT2D eigenvalue weighted by molar-refractivity contribution is 5.90. The molecule has 3 aromatic rings. The highest BCUT2D eigenvalue weighted by atomic mass is 16.5. The minimum Gasteiger partial charge on any atom is -0.392 e. The minimum absolute atomic E-state index is 0.235. The second kappa shape index (κ2) is 10.1. The number of likely N-dealkylation sites (tertiary alicyclic amines) is 1. The molecule has 2 heterocycles. The molecule has 0 aliphatic carbocycles. The normalized spacial score (nSPS) is 18.8. The number of aliphatic hydroxyl groups is 1. The van der Waals surface area contributed by atoms with E-state index in [1.54, 1.807) is 11.6 Å². The van der Waals surface area contributed by atoms with Crippen LogP contribution in [0.15, 0.2) is 60.7 Å². The van der Waals surface area contributed by atoms with Gasteiger partial charge in [-0.1, -0.05) is 42.5 Å². The molecule has 2 atom stereocenters. The van der Waals surface area contributed by atoms with Crippen LogP contribution < -0.4 is 5.48 Å². The third-order valence-electron chi connectivity index (χ3n) is 6.29. The third-order valence-corrected chi connectivity index (χ3v) is 6.29. The Morgan fingerprint density at radius 3 is 2.58 bits per heavy atom. The first-order chi connectivity index (χ1) is 15.9. The maximum atomic E-state index is 11.1. The molecule has 7 nitrogen and oxygen atoms in total. The van der Waals surface area contributed by atoms with Crippen LogP contribution in [0.3, 0.4) is 0 Å². The number of amides is 1. The monoisotopic (exact) mass is 446 g/mol. The molecular formula is C26H30N4O3. The Balaban J connectivity index is 1.47. The Kier molecular flexibility index (Phi) is 7.03. The largest absolute Gasteiger partial charge is 0.392 e. The lowest BCUT2D eigenvalue weighted by molar-refractivity contribution is -0.124. The van der Waals surface area contributed by atoms with Crippen molar-refractivity contribution in [3.05, 3.63) is 88.8 Å². The van der Waals surface area contributed by atoms with Gasteiger partial charge in [0.25, 0.3) is 5.91 Å². The first kappa shape index (κ1) is 22.9. The molecule has 172 valence electrons. The molecule has 7 heteroatoms. The van der Waals surface area contributed by atoms with Crippen LogP contribution in [0.25, 0.3) is 11.8 Å². The minimum atomic E-state index is -0.561. The Morgan fingerprint density at radius 2 is 1.88 bits per heavy atom. The van der Waals surface area contributed by atoms with Crippen LogP contribution in [0.2, 0.25) is 0 Å². The van der Waals surface area contributed by atoms with Crippen molar-refractivity contribution in [3.63, 3.8) is 0 Å². The smallest absolute Gasteiger partial charge is 0.267 e. The fourth-order valence-electron chi connectivity index (χ4n) is 4.57. The molecule has 1 aromatic heterocycles. The van der Waals surface area contributed by atoms with Gasteiger partial charge in [0.2, 0.25) is 0 Å². The van der Waals surface area contributed by atoms with Gasteiger partial charge >= 0.3 is 0 Å². The Bertz CT molecular complexity index is 1120. The Labute approximate surface area is 193 Å². The Morgan fingerprint density at radius 1 is 1.15 bits per heavy atom. The van der Waals surface area contributed by atoms with Crippen LogP contribution in [0.4, 0.5) is 0 Å². The molecule has 33 heavy (non-hydrogen) atoms. The van der Waals surface area contributed by atoms with Crippen LogP contribution in [0.1, 0.15) is 34.5 Å². The molecule has 1 aliphatic rings. The molecule has 3 N–H and O–H groups in total. The van der Waals surface area contributed by atoms with Gasteiger partial charge in [0.05, 0.1) is 17.5 Å². The number of hydroxylamine groups is 1. The van der Waals surface area contributed by atoms with E-state index >= 15 is 0 Å². The van der Waals surface area contributed by atoms with Gasteiger partial charge < -0.3 is 5.11 Å². The topological polar surface area (TPSA) is 90.6 Å². The van der Waals surface area contributed by atoms with Crippen molar-refractivity contribution >= 4 is 12.0 Å². The molecule has 1 amide bonds. The van der Waals surface area contributed by atoms with Crippen molar-refractivity contribution in [2.45, 2.75) is 45.4 Å². The summed E-state index contributed by atoms with van der Waals surface area (Å²) in [6.07, 6.45) is 4.18. The summed E-state index contributed by atoms with van der Waals surface area (Å²) < 4.78 is 2.00. The number of rotatable bonds is 7. The fourth-order valence-corrected chi connectivity index (χ4v) is 4.57. The van der Waals surface area contributed by atoms with E-state index in [0.717, 1.165) is 47.6 Å². The summed E-state index contributed by atoms with van der Waals surface area (Å²) in [6, 6.07) is 18.3. The average Bonchev–Trinajstić information content (AvgIpc) is 3.32. The number of carbonyl (C=O) groups is 1. The van der Waals surface area contributed by atoms with Gasteiger partial charge in [-0.2, -0.15) is 5.10 Å². The zero-order chi connectivity index (χ0) is 23.4. The van der Waals surface area contributed by atoms with E-state index in [2.05, 4.69) is 30.9 Å². The standard InChI is InChI=1S/C26H30N4O3/c1-18-25(19(2)30(27-18)22-6-4-3-5-7-22)15-23-14-24(31)17-29(23)16-21-10-8-20(9-11-21)12-13-26(32)28-33/h3-13,23-24,31,33H,14-17H2,1-2H3,(H,28,32)/b13-12+/t23-,24+/m1/s1. The average molecular weight is 447 g/mol. The van der Waals surface area contributed by atoms with Gasteiger partial charge in [-0.25, -0.2) is 10.2 Å². The zero-order valence-corrected chi connectivity index (χ0v) is 19.0. The summed E-state index contributed by atoms with van der Waals surface area (Å²) in [5.41, 5.74) is 8.07. The molecule has 0 unspecified atom stereocenters. The lowest BCUT2D eigenvalue weighted by Gasteiger charge is -2.24. The van der Waals surface area contributed by atoms with Crippen molar-refractivity contribution in [1.29, 1.82) is 0 Å². The summed E-state index contributed by atoms with van der Waals surface area (Å²) in [7, 11) is 0. The van der Waals surface area contributed by atoms with Crippen LogP contribution in [-0.4, -0.2) is 49.6 Å². The number of aromatic nitrogens is 2. The molecule has 1 aliphatic heterocycles. The highest BCUT2D eigenvalue weighted by Crippen LogP contribution is 2.27. The number of hydrogen-bond donors (Lipinski definition) is 3. The maximum Gasteiger partial charge on any atom is 0.267 e. The number of nitrogens with zero attached hydrogens (tertiary/aromatic N) is 3. The second-order valence-corrected chi connectivity index (χ2v) is 8.62. The van der Waals surface area contributed by atoms with Crippen molar-refractivity contribution in [2.75, 3.05) is 6.54 Å². The van der Waals surface area contributed by atoms with Gasteiger partial charge in [0, 0.05) is 30.9 Å². The number of hydrogen-bond acceptors (Lipinski definition) is 5. The number of aliphatic hydroxyl groups excluding tert-OH is 1. The summed E-state index contributed by atoms with van der Waals surface area (Å²) in [6.45, 7) is 5.56. The highest BCUT2D eigenvalue weighted by Gasteiger charge is 2.32. The predicted molar refractivity (Wildman–Crippen MR) is 127 cm³/mol. The number of benzene rings is 2. The molecule has 4 rings (SSSR count). The van der Waals surface area contributed by atoms with Gasteiger partial charge in [-0.05, 0) is 61.6 Å². The van der Waals surface area contributed by atoms with E-state index in [1.807, 2.05) is 47.1 Å². The van der Waals surface area contributed by atoms with E-state index in [-0.39, 0.29) is 12.1 Å². The van der Waals surface area contributed by atoms with Crippen molar-refractivity contribution < 1.29 is 15.1 Å². The van der Waals surface area contributed by atoms with E-state index in [4.69, 9.17) is 10.3 Å². The van der Waals surface area contributed by atoms with Crippen molar-refractivity contribution in [3.8, 4) is 5.69 Å². The number of aryl methyl sites for hydroxylation is 1. The van der Waals surface area contributed by atoms with Crippen LogP contribution >= 0.6 is 0 Å². The van der Waals surface area contributed by atoms with Crippen LogP contribution in [0, 0.1) is 13.8 Å². The quantitative estimate of drug-likeness (QED) is 0.295. The lowest BCUT2D eigenvalue weighted by atomic mass is 10.0. The molecular weight excluding hydrogens is 416 g/mol. The SMILES string of the molecule is Cc1nn(-c2ccccc2)c(C)c1C[C@H]1C[C@H](O)CN1Cc1ccc(/C=C/C(=O)NO)cc1. The zero-order valence-electron chi connectivity index (χ0n) is 19.0. The fraction of sp³-hybridized carbons (Fsp3) is 0.308. The first-order valence-electron chi connectivity index (χ1n) is 11.2. The second-order valence-electron chi connectivity index (χ2n) is 8.62. The van der Waals surface area contributed by atoms with Gasteiger partial charge in [-0.15, -0.1) is 0 Å². The third kappa shape index (κ3) is 5.39. The molecule has 0 bridgehead atoms. The predicted octanol–water partition coefficient (Wildman–Crippen LogP) is 3.19. The molecule has 0 radical (unpaired) electrons. The first-order valence-corrected chi connectivity index (χ1v) is 11.2. The van der Waals surface area contributed by atoms with Crippen LogP contribution in [0.5, 0.6) is 0 Å². The number of para-hydroxylation sites is 1. The van der Waals surface area contributed by atoms with E-state index in [1.165, 1.54) is 11.6 Å². The van der Waals surface area contributed by atoms with Crippen molar-refractivity contribution in [2.24, 2.45) is 0 Å². The molecule has 1 saturated heterocycles. The Hall–Kier alpha value is -3.26. The summed E-state index contributed by atoms with van der Waals surface area (Å²) in [5, 5.41) is 23.8. The van der Waals surface area contributed by atoms with E-state index in [9.17, 15) is 9.90 Å². The number of nitrogens with one attached hydrogen (secondary N) is 1. The van der Waals surface area contributed by atoms with Gasteiger partial charge in [-0.3, -0.25) is 14.9 Å². The maximum absolute atomic E-state index is 11.1. The molecule has 0 spiro atoms. The van der Waals surface area contributed by atoms with Gasteiger partial charge in [0.15, 0.2) is 0 Å². The molecule has 2 aromatic carbocycles. The van der Waals surface area contributed by atoms with Gasteiger partial charge in [0.1, 0.15) is 0 Å². The van der Waals surface area contributed by atoms with E-state index < -0.39 is 5.91 Å².